The fraction of sp³-hybridized carbons (Fsp3) is 0.400. The van der Waals surface area contributed by atoms with Gasteiger partial charge in [0.05, 0.1) is 11.9 Å². The van der Waals surface area contributed by atoms with Crippen LogP contribution < -0.4 is 10.2 Å². The predicted octanol–water partition coefficient (Wildman–Crippen LogP) is 2.29. The molecule has 96 valence electrons. The molecule has 0 aliphatic carbocycles. The third kappa shape index (κ3) is 3.92. The summed E-state index contributed by atoms with van der Waals surface area (Å²) in [7, 11) is 1.41. The van der Waals surface area contributed by atoms with Crippen molar-refractivity contribution < 1.29 is 26.8 Å². The summed E-state index contributed by atoms with van der Waals surface area (Å²) in [4.78, 5) is 0. The Morgan fingerprint density at radius 2 is 1.94 bits per heavy atom. The third-order valence-corrected chi connectivity index (χ3v) is 2.20. The molecule has 1 rings (SSSR count). The molecule has 1 aromatic rings. The molecule has 0 saturated carbocycles. The van der Waals surface area contributed by atoms with Crippen LogP contribution in [0.25, 0.3) is 0 Å². The maximum atomic E-state index is 12.9. The van der Waals surface area contributed by atoms with Gasteiger partial charge >= 0.3 is 6.98 Å². The zero-order valence-corrected chi connectivity index (χ0v) is 9.42. The second-order valence-electron chi connectivity index (χ2n) is 3.61. The van der Waals surface area contributed by atoms with Crippen LogP contribution in [0.15, 0.2) is 18.2 Å². The van der Waals surface area contributed by atoms with E-state index < -0.39 is 24.0 Å². The van der Waals surface area contributed by atoms with Crippen molar-refractivity contribution in [2.75, 3.05) is 13.7 Å². The molecule has 2 nitrogen and oxygen atoms in total. The molecule has 0 spiro atoms. The number of hydrogen-bond donors (Lipinski definition) is 0. The Balaban J connectivity index is 2.92. The van der Waals surface area contributed by atoms with E-state index in [1.165, 1.54) is 7.11 Å². The van der Waals surface area contributed by atoms with Crippen LogP contribution in [0.2, 0.25) is 0 Å². The van der Waals surface area contributed by atoms with Gasteiger partial charge in [-0.15, -0.1) is 0 Å². The SMILES string of the molecule is COC(C)COc1cc(F)ccc1[B-](F)(F)F. The van der Waals surface area contributed by atoms with Gasteiger partial charge in [-0.3, -0.25) is 0 Å². The molecule has 0 aromatic heterocycles. The highest BCUT2D eigenvalue weighted by Gasteiger charge is 2.29. The molecule has 17 heavy (non-hydrogen) atoms. The van der Waals surface area contributed by atoms with Crippen LogP contribution in [0.4, 0.5) is 17.3 Å². The first-order valence-electron chi connectivity index (χ1n) is 4.99. The maximum absolute atomic E-state index is 12.9. The van der Waals surface area contributed by atoms with Gasteiger partial charge in [-0.25, -0.2) is 4.39 Å². The summed E-state index contributed by atoms with van der Waals surface area (Å²) in [5, 5.41) is 0. The Morgan fingerprint density at radius 1 is 1.29 bits per heavy atom. The van der Waals surface area contributed by atoms with E-state index in [2.05, 4.69) is 0 Å². The van der Waals surface area contributed by atoms with Crippen molar-refractivity contribution in [1.29, 1.82) is 0 Å². The largest absolute Gasteiger partial charge is 0.513 e. The Labute approximate surface area is 96.6 Å². The molecule has 0 aliphatic rings. The van der Waals surface area contributed by atoms with Gasteiger partial charge in [-0.1, -0.05) is 11.5 Å². The fourth-order valence-electron chi connectivity index (χ4n) is 1.18. The summed E-state index contributed by atoms with van der Waals surface area (Å²) in [5.74, 6) is -1.27. The van der Waals surface area contributed by atoms with Crippen molar-refractivity contribution in [1.82, 2.24) is 0 Å². The minimum atomic E-state index is -5.22. The number of ether oxygens (including phenoxy) is 2. The Kier molecular flexibility index (Phi) is 4.39. The first-order chi connectivity index (χ1) is 7.84. The van der Waals surface area contributed by atoms with Crippen molar-refractivity contribution in [2.45, 2.75) is 13.0 Å². The molecular weight excluding hydrogens is 239 g/mol. The summed E-state index contributed by atoms with van der Waals surface area (Å²) >= 11 is 0. The standard InChI is InChI=1S/C10H12BF4O2/c1-7(16-2)6-17-10-5-8(12)3-4-9(10)11(13,14)15/h3-5,7H,6H2,1-2H3/q-1. The number of methoxy groups -OCH3 is 1. The summed E-state index contributed by atoms with van der Waals surface area (Å²) in [6.45, 7) is -3.65. The predicted molar refractivity (Wildman–Crippen MR) is 57.1 cm³/mol. The summed E-state index contributed by atoms with van der Waals surface area (Å²) < 4.78 is 60.5. The lowest BCUT2D eigenvalue weighted by Crippen LogP contribution is -2.36. The number of hydrogen-bond acceptors (Lipinski definition) is 2. The molecule has 0 heterocycles. The summed E-state index contributed by atoms with van der Waals surface area (Å²) in [6.07, 6.45) is -0.369. The highest BCUT2D eigenvalue weighted by Crippen LogP contribution is 2.19. The van der Waals surface area contributed by atoms with Crippen LogP contribution >= 0.6 is 0 Å². The van der Waals surface area contributed by atoms with Crippen LogP contribution in [0.3, 0.4) is 0 Å². The first kappa shape index (κ1) is 13.8. The number of benzene rings is 1. The lowest BCUT2D eigenvalue weighted by atomic mass is 9.79. The smallest absolute Gasteiger partial charge is 0.494 e. The van der Waals surface area contributed by atoms with Gasteiger partial charge in [0, 0.05) is 13.2 Å². The van der Waals surface area contributed by atoms with Gasteiger partial charge in [-0.05, 0) is 13.0 Å². The van der Waals surface area contributed by atoms with E-state index in [0.717, 1.165) is 12.1 Å². The van der Waals surface area contributed by atoms with E-state index in [1.54, 1.807) is 6.92 Å². The summed E-state index contributed by atoms with van der Waals surface area (Å²) in [5.41, 5.74) is -0.935. The van der Waals surface area contributed by atoms with Gasteiger partial charge < -0.3 is 22.4 Å². The minimum Gasteiger partial charge on any atom is -0.494 e. The third-order valence-electron chi connectivity index (χ3n) is 2.20. The van der Waals surface area contributed by atoms with Gasteiger partial charge in [0.2, 0.25) is 0 Å². The molecule has 7 heteroatoms. The molecule has 1 atom stereocenters. The molecule has 0 N–H and O–H groups in total. The molecule has 1 aromatic carbocycles. The Morgan fingerprint density at radius 3 is 2.47 bits per heavy atom. The monoisotopic (exact) mass is 251 g/mol. The zero-order valence-electron chi connectivity index (χ0n) is 9.42. The molecule has 0 radical (unpaired) electrons. The van der Waals surface area contributed by atoms with Crippen LogP contribution in [-0.2, 0) is 4.74 Å². The van der Waals surface area contributed by atoms with E-state index in [4.69, 9.17) is 9.47 Å². The average Bonchev–Trinajstić information content (AvgIpc) is 2.24. The molecule has 0 bridgehead atoms. The van der Waals surface area contributed by atoms with Gasteiger partial charge in [-0.2, -0.15) is 0 Å². The Hall–Kier alpha value is -1.24. The molecule has 0 saturated heterocycles. The normalized spacial score (nSPS) is 13.5. The van der Waals surface area contributed by atoms with Crippen molar-refractivity contribution in [3.8, 4) is 5.75 Å². The van der Waals surface area contributed by atoms with E-state index in [0.29, 0.717) is 6.07 Å². The molecule has 1 unspecified atom stereocenters. The van der Waals surface area contributed by atoms with Crippen LogP contribution in [-0.4, -0.2) is 26.8 Å². The molecular formula is C10H12BF4O2-. The van der Waals surface area contributed by atoms with Gasteiger partial charge in [0.15, 0.2) is 0 Å². The van der Waals surface area contributed by atoms with Crippen molar-refractivity contribution in [3.63, 3.8) is 0 Å². The lowest BCUT2D eigenvalue weighted by molar-refractivity contribution is 0.0718. The average molecular weight is 251 g/mol. The van der Waals surface area contributed by atoms with E-state index in [9.17, 15) is 17.3 Å². The maximum Gasteiger partial charge on any atom is 0.513 e. The summed E-state index contributed by atoms with van der Waals surface area (Å²) in [6, 6.07) is 2.17. The topological polar surface area (TPSA) is 18.5 Å². The Bertz CT molecular complexity index is 381. The second kappa shape index (κ2) is 5.40. The minimum absolute atomic E-state index is 0.0703. The van der Waals surface area contributed by atoms with E-state index in [-0.39, 0.29) is 12.7 Å². The fourth-order valence-corrected chi connectivity index (χ4v) is 1.18. The van der Waals surface area contributed by atoms with Crippen molar-refractivity contribution in [3.05, 3.63) is 24.0 Å². The first-order valence-corrected chi connectivity index (χ1v) is 4.99. The van der Waals surface area contributed by atoms with Crippen molar-refractivity contribution in [2.24, 2.45) is 0 Å². The van der Waals surface area contributed by atoms with Crippen LogP contribution in [0.1, 0.15) is 6.92 Å². The van der Waals surface area contributed by atoms with Crippen LogP contribution in [0, 0.1) is 5.82 Å². The van der Waals surface area contributed by atoms with Crippen molar-refractivity contribution >= 4 is 12.4 Å². The van der Waals surface area contributed by atoms with Gasteiger partial charge in [0.25, 0.3) is 0 Å². The molecule has 0 amide bonds. The number of halogens is 4. The highest BCUT2D eigenvalue weighted by molar-refractivity contribution is 6.74. The van der Waals surface area contributed by atoms with E-state index >= 15 is 0 Å². The second-order valence-corrected chi connectivity index (χ2v) is 3.61. The zero-order chi connectivity index (χ0) is 13.1. The lowest BCUT2D eigenvalue weighted by Gasteiger charge is -2.21. The highest BCUT2D eigenvalue weighted by atomic mass is 19.4. The van der Waals surface area contributed by atoms with E-state index in [1.807, 2.05) is 0 Å². The molecule has 0 fully saturated rings. The molecule has 0 aliphatic heterocycles. The quantitative estimate of drug-likeness (QED) is 0.590. The number of rotatable bonds is 5. The van der Waals surface area contributed by atoms with Gasteiger partial charge in [0.1, 0.15) is 12.4 Å². The van der Waals surface area contributed by atoms with Crippen LogP contribution in [0.5, 0.6) is 5.75 Å².